The Bertz CT molecular complexity index is 590. The van der Waals surface area contributed by atoms with Crippen molar-refractivity contribution in [1.82, 2.24) is 0 Å². The summed E-state index contributed by atoms with van der Waals surface area (Å²) in [7, 11) is 0. The SMILES string of the molecule is CCCCCc1cc(O)c2c(c1)CC(C)(CCC=C(C)C)C=C2. The number of phenols is 1. The van der Waals surface area contributed by atoms with E-state index in [9.17, 15) is 5.11 Å². The fourth-order valence-electron chi connectivity index (χ4n) is 3.46. The van der Waals surface area contributed by atoms with Crippen molar-refractivity contribution in [2.75, 3.05) is 0 Å². The molecule has 1 heteroatoms. The molecule has 126 valence electrons. The van der Waals surface area contributed by atoms with Crippen LogP contribution in [-0.2, 0) is 12.8 Å². The van der Waals surface area contributed by atoms with Gasteiger partial charge in [0, 0.05) is 5.56 Å². The van der Waals surface area contributed by atoms with Gasteiger partial charge in [-0.15, -0.1) is 0 Å². The van der Waals surface area contributed by atoms with Gasteiger partial charge in [0.1, 0.15) is 5.75 Å². The van der Waals surface area contributed by atoms with Gasteiger partial charge in [-0.05, 0) is 68.6 Å². The monoisotopic (exact) mass is 312 g/mol. The van der Waals surface area contributed by atoms with Crippen molar-refractivity contribution in [3.8, 4) is 5.75 Å². The molecule has 1 unspecified atom stereocenters. The zero-order chi connectivity index (χ0) is 16.9. The number of aromatic hydroxyl groups is 1. The van der Waals surface area contributed by atoms with Gasteiger partial charge in [0.2, 0.25) is 0 Å². The standard InChI is InChI=1S/C22H32O/c1-5-6-7-10-18-14-19-16-22(4,12-8-9-17(2)3)13-11-20(19)21(23)15-18/h9,11,13-15,23H,5-8,10,12,16H2,1-4H3. The first kappa shape index (κ1) is 17.8. The average molecular weight is 312 g/mol. The third-order valence-corrected chi connectivity index (χ3v) is 4.89. The third-order valence-electron chi connectivity index (χ3n) is 4.89. The number of unbranched alkanes of at least 4 members (excludes halogenated alkanes) is 2. The summed E-state index contributed by atoms with van der Waals surface area (Å²) in [6.45, 7) is 8.89. The fourth-order valence-corrected chi connectivity index (χ4v) is 3.46. The molecule has 1 aromatic carbocycles. The summed E-state index contributed by atoms with van der Waals surface area (Å²) in [5.74, 6) is 0.455. The van der Waals surface area contributed by atoms with Gasteiger partial charge in [0.25, 0.3) is 0 Å². The van der Waals surface area contributed by atoms with E-state index in [2.05, 4.69) is 52.0 Å². The zero-order valence-electron chi connectivity index (χ0n) is 15.3. The summed E-state index contributed by atoms with van der Waals surface area (Å²) in [6, 6.07) is 4.29. The van der Waals surface area contributed by atoms with Gasteiger partial charge in [-0.3, -0.25) is 0 Å². The molecule has 0 heterocycles. The summed E-state index contributed by atoms with van der Waals surface area (Å²) in [5, 5.41) is 10.4. The predicted octanol–water partition coefficient (Wildman–Crippen LogP) is 6.45. The number of aryl methyl sites for hydroxylation is 1. The minimum Gasteiger partial charge on any atom is -0.507 e. The molecule has 1 nitrogen and oxygen atoms in total. The number of phenolic OH excluding ortho intramolecular Hbond substituents is 1. The van der Waals surface area contributed by atoms with Crippen molar-refractivity contribution in [2.45, 2.75) is 72.6 Å². The highest BCUT2D eigenvalue weighted by molar-refractivity contribution is 5.65. The first-order valence-corrected chi connectivity index (χ1v) is 9.11. The summed E-state index contributed by atoms with van der Waals surface area (Å²) in [5.41, 5.74) is 5.23. The molecule has 1 atom stereocenters. The largest absolute Gasteiger partial charge is 0.507 e. The maximum absolute atomic E-state index is 10.4. The fraction of sp³-hybridized carbons (Fsp3) is 0.545. The minimum absolute atomic E-state index is 0.202. The van der Waals surface area contributed by atoms with E-state index < -0.39 is 0 Å². The Morgan fingerprint density at radius 2 is 2.04 bits per heavy atom. The Hall–Kier alpha value is -1.50. The van der Waals surface area contributed by atoms with Crippen molar-refractivity contribution in [3.63, 3.8) is 0 Å². The first-order chi connectivity index (χ1) is 10.9. The summed E-state index contributed by atoms with van der Waals surface area (Å²) in [4.78, 5) is 0. The molecule has 1 aliphatic rings. The highest BCUT2D eigenvalue weighted by atomic mass is 16.3. The summed E-state index contributed by atoms with van der Waals surface area (Å²) >= 11 is 0. The molecule has 0 radical (unpaired) electrons. The zero-order valence-corrected chi connectivity index (χ0v) is 15.3. The van der Waals surface area contributed by atoms with E-state index >= 15 is 0 Å². The summed E-state index contributed by atoms with van der Waals surface area (Å²) < 4.78 is 0. The second kappa shape index (κ2) is 7.86. The van der Waals surface area contributed by atoms with Gasteiger partial charge in [-0.25, -0.2) is 0 Å². The Morgan fingerprint density at radius 3 is 2.74 bits per heavy atom. The van der Waals surface area contributed by atoms with Crippen LogP contribution in [-0.4, -0.2) is 5.11 Å². The second-order valence-corrected chi connectivity index (χ2v) is 7.63. The number of hydrogen-bond donors (Lipinski definition) is 1. The van der Waals surface area contributed by atoms with Gasteiger partial charge in [0.05, 0.1) is 0 Å². The van der Waals surface area contributed by atoms with Crippen LogP contribution in [0.15, 0.2) is 29.9 Å². The molecular weight excluding hydrogens is 280 g/mol. The van der Waals surface area contributed by atoms with Crippen molar-refractivity contribution in [1.29, 1.82) is 0 Å². The molecule has 23 heavy (non-hydrogen) atoms. The molecule has 1 N–H and O–H groups in total. The first-order valence-electron chi connectivity index (χ1n) is 9.11. The molecule has 0 saturated heterocycles. The second-order valence-electron chi connectivity index (χ2n) is 7.63. The van der Waals surface area contributed by atoms with E-state index in [0.29, 0.717) is 5.75 Å². The highest BCUT2D eigenvalue weighted by Gasteiger charge is 2.26. The van der Waals surface area contributed by atoms with E-state index in [-0.39, 0.29) is 5.41 Å². The molecule has 0 fully saturated rings. The van der Waals surface area contributed by atoms with Crippen LogP contribution < -0.4 is 0 Å². The van der Waals surface area contributed by atoms with Crippen molar-refractivity contribution in [2.24, 2.45) is 5.41 Å². The lowest BCUT2D eigenvalue weighted by Gasteiger charge is -2.31. The normalized spacial score (nSPS) is 19.5. The number of allylic oxidation sites excluding steroid dienone is 3. The van der Waals surface area contributed by atoms with Crippen molar-refractivity contribution >= 4 is 6.08 Å². The molecule has 0 aromatic heterocycles. The molecule has 1 aliphatic carbocycles. The maximum atomic E-state index is 10.4. The van der Waals surface area contributed by atoms with Crippen LogP contribution in [0.1, 0.15) is 76.5 Å². The maximum Gasteiger partial charge on any atom is 0.123 e. The highest BCUT2D eigenvalue weighted by Crippen LogP contribution is 2.40. The van der Waals surface area contributed by atoms with Gasteiger partial charge in [0.15, 0.2) is 0 Å². The molecular formula is C22H32O. The quantitative estimate of drug-likeness (QED) is 0.453. The number of hydrogen-bond acceptors (Lipinski definition) is 1. The summed E-state index contributed by atoms with van der Waals surface area (Å²) in [6.07, 6.45) is 14.9. The van der Waals surface area contributed by atoms with E-state index in [1.54, 1.807) is 0 Å². The van der Waals surface area contributed by atoms with Crippen LogP contribution in [0.2, 0.25) is 0 Å². The smallest absolute Gasteiger partial charge is 0.123 e. The topological polar surface area (TPSA) is 20.2 Å². The minimum atomic E-state index is 0.202. The molecule has 0 spiro atoms. The van der Waals surface area contributed by atoms with Gasteiger partial charge >= 0.3 is 0 Å². The van der Waals surface area contributed by atoms with E-state index in [1.807, 2.05) is 6.07 Å². The van der Waals surface area contributed by atoms with Crippen LogP contribution in [0.3, 0.4) is 0 Å². The Morgan fingerprint density at radius 1 is 1.26 bits per heavy atom. The third kappa shape index (κ3) is 4.99. The van der Waals surface area contributed by atoms with Gasteiger partial charge < -0.3 is 5.11 Å². The molecule has 0 bridgehead atoms. The lowest BCUT2D eigenvalue weighted by atomic mass is 9.74. The van der Waals surface area contributed by atoms with Gasteiger partial charge in [-0.1, -0.05) is 56.6 Å². The van der Waals surface area contributed by atoms with E-state index in [0.717, 1.165) is 31.2 Å². The number of rotatable bonds is 7. The van der Waals surface area contributed by atoms with E-state index in [1.165, 1.54) is 36.0 Å². The Labute approximate surface area is 142 Å². The Balaban J connectivity index is 2.13. The number of benzene rings is 1. The van der Waals surface area contributed by atoms with E-state index in [4.69, 9.17) is 0 Å². The average Bonchev–Trinajstić information content (AvgIpc) is 2.46. The van der Waals surface area contributed by atoms with Crippen LogP contribution in [0.25, 0.3) is 6.08 Å². The van der Waals surface area contributed by atoms with Crippen LogP contribution in [0.5, 0.6) is 5.75 Å². The molecule has 1 aromatic rings. The Kier molecular flexibility index (Phi) is 6.10. The van der Waals surface area contributed by atoms with Crippen LogP contribution in [0, 0.1) is 5.41 Å². The lowest BCUT2D eigenvalue weighted by molar-refractivity contribution is 0.387. The van der Waals surface area contributed by atoms with Crippen LogP contribution >= 0.6 is 0 Å². The molecule has 2 rings (SSSR count). The molecule has 0 saturated carbocycles. The van der Waals surface area contributed by atoms with Crippen LogP contribution in [0.4, 0.5) is 0 Å². The molecule has 0 amide bonds. The molecule has 0 aliphatic heterocycles. The van der Waals surface area contributed by atoms with Crippen molar-refractivity contribution < 1.29 is 5.11 Å². The lowest BCUT2D eigenvalue weighted by Crippen LogP contribution is -2.20. The predicted molar refractivity (Wildman–Crippen MR) is 101 cm³/mol. The van der Waals surface area contributed by atoms with Gasteiger partial charge in [-0.2, -0.15) is 0 Å². The number of fused-ring (bicyclic) bond motifs is 1. The van der Waals surface area contributed by atoms with Crippen molar-refractivity contribution in [3.05, 3.63) is 46.5 Å².